The van der Waals surface area contributed by atoms with Crippen molar-refractivity contribution in [2.24, 2.45) is 0 Å². The van der Waals surface area contributed by atoms with E-state index in [9.17, 15) is 39.5 Å². The van der Waals surface area contributed by atoms with Gasteiger partial charge in [-0.05, 0) is 138 Å². The summed E-state index contributed by atoms with van der Waals surface area (Å²) in [5.41, 5.74) is 6.09. The zero-order valence-corrected chi connectivity index (χ0v) is 49.1. The number of rotatable bonds is 23. The minimum Gasteiger partial charge on any atom is -0.494 e. The van der Waals surface area contributed by atoms with Crippen LogP contribution in [0.4, 0.5) is 39.5 Å². The van der Waals surface area contributed by atoms with Gasteiger partial charge in [0.1, 0.15) is 24.7 Å². The van der Waals surface area contributed by atoms with Crippen molar-refractivity contribution in [1.29, 1.82) is 0 Å². The van der Waals surface area contributed by atoms with Gasteiger partial charge in [-0.2, -0.15) is 8.78 Å². The molecule has 0 aromatic heterocycles. The Morgan fingerprint density at radius 2 is 0.886 bits per heavy atom. The summed E-state index contributed by atoms with van der Waals surface area (Å²) in [4.78, 5) is 0. The molecule has 0 aliphatic heterocycles. The zero-order valence-electron chi connectivity index (χ0n) is 48.3. The maximum Gasteiger partial charge on any atom is 0.522 e. The zero-order chi connectivity index (χ0) is 60.0. The fourth-order valence-electron chi connectivity index (χ4n) is 6.49. The van der Waals surface area contributed by atoms with Gasteiger partial charge in [0, 0.05) is 6.61 Å². The molecule has 0 fully saturated rings. The number of ether oxygens (including phenoxy) is 8. The summed E-state index contributed by atoms with van der Waals surface area (Å²) in [6, 6.07) is 26.5. The summed E-state index contributed by atoms with van der Waals surface area (Å²) in [7, 11) is 3.15. The Balaban J connectivity index is 0.000000497. The quantitative estimate of drug-likeness (QED) is 0.0473. The summed E-state index contributed by atoms with van der Waals surface area (Å²) in [6.07, 6.45) is -7.40. The molecule has 0 saturated carbocycles. The molecule has 5 aromatic rings. The Kier molecular flexibility index (Phi) is 33.2. The van der Waals surface area contributed by atoms with Gasteiger partial charge >= 0.3 is 18.7 Å². The van der Waals surface area contributed by atoms with E-state index in [0.29, 0.717) is 59.8 Å². The molecule has 0 saturated heterocycles. The fraction of sp³-hybridized carbons (Fsp3) is 0.508. The highest BCUT2D eigenvalue weighted by atomic mass is 35.5. The third-order valence-corrected chi connectivity index (χ3v) is 11.6. The second kappa shape index (κ2) is 36.7. The van der Waals surface area contributed by atoms with Crippen molar-refractivity contribution in [3.63, 3.8) is 0 Å². The summed E-state index contributed by atoms with van der Waals surface area (Å²) < 4.78 is 150. The predicted octanol–water partition coefficient (Wildman–Crippen LogP) is 18.7. The molecule has 0 heterocycles. The molecule has 18 heteroatoms. The van der Waals surface area contributed by atoms with Crippen LogP contribution in [0.5, 0.6) is 34.5 Å². The molecular formula is C61H82ClF9O8. The number of benzene rings is 5. The van der Waals surface area contributed by atoms with Gasteiger partial charge in [-0.25, -0.2) is 17.6 Å². The van der Waals surface area contributed by atoms with Crippen molar-refractivity contribution in [3.05, 3.63) is 141 Å². The van der Waals surface area contributed by atoms with Crippen LogP contribution < -0.4 is 28.4 Å². The van der Waals surface area contributed by atoms with E-state index in [4.69, 9.17) is 44.8 Å². The Hall–Kier alpha value is -5.52. The molecule has 0 N–H and O–H groups in total. The highest BCUT2D eigenvalue weighted by Gasteiger charge is 2.41. The van der Waals surface area contributed by atoms with Crippen molar-refractivity contribution in [1.82, 2.24) is 0 Å². The third-order valence-electron chi connectivity index (χ3n) is 11.3. The summed E-state index contributed by atoms with van der Waals surface area (Å²) in [5.74, 6) is -0.301. The molecular weight excluding hydrogens is 1070 g/mol. The molecule has 0 bridgehead atoms. The first-order valence-electron chi connectivity index (χ1n) is 26.2. The number of halogens is 10. The topological polar surface area (TPSA) is 73.8 Å². The van der Waals surface area contributed by atoms with Gasteiger partial charge in [-0.3, -0.25) is 4.74 Å². The lowest BCUT2D eigenvalue weighted by atomic mass is 10.0. The molecule has 5 rings (SSSR count). The van der Waals surface area contributed by atoms with Crippen LogP contribution in [-0.2, 0) is 9.47 Å². The second-order valence-corrected chi connectivity index (χ2v) is 19.8. The SMILES string of the molecule is CC(C)c1ccc(OCCOC(F)(F)F)c(F)c1.CCCOc1ccc(C(C)C)cc1OC.CCOCCOc1ccc(C(C)C)cc1Cl.COc1cc(C(C)C)ccc1F.Cc1cc(C(C)C)ccc1OCC(F)(F)C(F)F. The predicted molar refractivity (Wildman–Crippen MR) is 297 cm³/mol. The molecule has 5 aromatic carbocycles. The van der Waals surface area contributed by atoms with Crippen molar-refractivity contribution in [2.45, 2.75) is 145 Å². The summed E-state index contributed by atoms with van der Waals surface area (Å²) in [5, 5.41) is 0.669. The lowest BCUT2D eigenvalue weighted by Crippen LogP contribution is -2.33. The number of aryl methyl sites for hydroxylation is 1. The molecule has 0 aliphatic carbocycles. The van der Waals surface area contributed by atoms with E-state index in [1.54, 1.807) is 44.4 Å². The molecule has 0 spiro atoms. The van der Waals surface area contributed by atoms with Gasteiger partial charge in [-0.1, -0.05) is 124 Å². The molecule has 0 unspecified atom stereocenters. The van der Waals surface area contributed by atoms with Gasteiger partial charge in [0.15, 0.2) is 41.2 Å². The van der Waals surface area contributed by atoms with Gasteiger partial charge in [-0.15, -0.1) is 13.2 Å². The smallest absolute Gasteiger partial charge is 0.494 e. The second-order valence-electron chi connectivity index (χ2n) is 19.4. The average molecular weight is 1150 g/mol. The third kappa shape index (κ3) is 28.0. The Morgan fingerprint density at radius 1 is 0.456 bits per heavy atom. The highest BCUT2D eigenvalue weighted by molar-refractivity contribution is 6.32. The number of methoxy groups -OCH3 is 2. The largest absolute Gasteiger partial charge is 0.522 e. The maximum atomic E-state index is 13.5. The Bertz CT molecular complexity index is 2480. The van der Waals surface area contributed by atoms with E-state index in [-0.39, 0.29) is 29.8 Å². The van der Waals surface area contributed by atoms with Crippen LogP contribution in [0, 0.1) is 18.6 Å². The standard InChI is InChI=1S/C13H19ClO2.C13H16F4O.C13H20O2.C12H14F4O2.C10H13FO/c1-4-15-7-8-16-13-6-5-11(10(2)3)9-12(13)14;1-8(2)10-4-5-11(9(3)6-10)18-7-13(16,17)12(14)15;1-5-8-15-12-7-6-11(10(2)3)9-13(12)14-4;1-8(2)9-3-4-11(10(13)7-9)17-5-6-18-12(14,15)16;1-7(2)8-4-5-9(11)10(6-8)12-3/h5-6,9-10H,4,7-8H2,1-3H3;4-6,8,12H,7H2,1-3H3;6-7,9-10H,5,8H2,1-4H3;3-4,7-8H,5-6H2,1-2H3;4-7H,1-3H3. The van der Waals surface area contributed by atoms with Gasteiger partial charge in [0.25, 0.3) is 0 Å². The van der Waals surface area contributed by atoms with Gasteiger partial charge in [0.2, 0.25) is 0 Å². The van der Waals surface area contributed by atoms with Gasteiger partial charge in [0.05, 0.1) is 39.1 Å². The molecule has 444 valence electrons. The number of alkyl halides is 7. The van der Waals surface area contributed by atoms with Crippen molar-refractivity contribution in [3.8, 4) is 34.5 Å². The summed E-state index contributed by atoms with van der Waals surface area (Å²) in [6.45, 7) is 26.5. The van der Waals surface area contributed by atoms with E-state index >= 15 is 0 Å². The molecule has 0 radical (unpaired) electrons. The first-order chi connectivity index (χ1) is 37.0. The average Bonchev–Trinajstić information content (AvgIpc) is 3.38. The number of hydrogen-bond acceptors (Lipinski definition) is 8. The fourth-order valence-corrected chi connectivity index (χ4v) is 6.73. The van der Waals surface area contributed by atoms with Crippen LogP contribution in [0.3, 0.4) is 0 Å². The lowest BCUT2D eigenvalue weighted by Gasteiger charge is -2.17. The first kappa shape index (κ1) is 71.5. The maximum absolute atomic E-state index is 13.5. The molecule has 0 amide bonds. The molecule has 79 heavy (non-hydrogen) atoms. The van der Waals surface area contributed by atoms with Crippen molar-refractivity contribution in [2.75, 3.05) is 60.5 Å². The normalized spacial score (nSPS) is 11.3. The van der Waals surface area contributed by atoms with Crippen LogP contribution in [-0.4, -0.2) is 79.2 Å². The first-order valence-corrected chi connectivity index (χ1v) is 26.6. The van der Waals surface area contributed by atoms with E-state index in [2.05, 4.69) is 65.3 Å². The van der Waals surface area contributed by atoms with Crippen LogP contribution in [0.1, 0.15) is 152 Å². The number of hydrogen-bond donors (Lipinski definition) is 0. The van der Waals surface area contributed by atoms with Crippen LogP contribution >= 0.6 is 11.6 Å². The van der Waals surface area contributed by atoms with E-state index in [0.717, 1.165) is 47.0 Å². The summed E-state index contributed by atoms with van der Waals surface area (Å²) >= 11 is 6.12. The Labute approximate surface area is 468 Å². The Morgan fingerprint density at radius 3 is 1.34 bits per heavy atom. The molecule has 0 aliphatic rings. The van der Waals surface area contributed by atoms with E-state index in [1.165, 1.54) is 42.5 Å². The van der Waals surface area contributed by atoms with E-state index < -0.39 is 37.7 Å². The minimum absolute atomic E-state index is 0.0785. The van der Waals surface area contributed by atoms with Crippen LogP contribution in [0.2, 0.25) is 5.02 Å². The van der Waals surface area contributed by atoms with Crippen LogP contribution in [0.15, 0.2) is 91.0 Å². The monoisotopic (exact) mass is 1150 g/mol. The van der Waals surface area contributed by atoms with Crippen molar-refractivity contribution >= 4 is 11.6 Å². The van der Waals surface area contributed by atoms with Gasteiger partial charge < -0.3 is 33.2 Å². The van der Waals surface area contributed by atoms with E-state index in [1.807, 2.05) is 58.9 Å². The molecule has 0 atom stereocenters. The van der Waals surface area contributed by atoms with Crippen molar-refractivity contribution < 1.29 is 77.4 Å². The molecule has 8 nitrogen and oxygen atoms in total. The minimum atomic E-state index is -4.69. The van der Waals surface area contributed by atoms with Crippen LogP contribution in [0.25, 0.3) is 0 Å². The lowest BCUT2D eigenvalue weighted by molar-refractivity contribution is -0.325. The highest BCUT2D eigenvalue weighted by Crippen LogP contribution is 2.32.